The summed E-state index contributed by atoms with van der Waals surface area (Å²) in [6.45, 7) is 0.748. The molecular weight excluding hydrogens is 352 g/mol. The minimum Gasteiger partial charge on any atom is -0.467 e. The van der Waals surface area contributed by atoms with Crippen LogP contribution in [0.2, 0.25) is 0 Å². The van der Waals surface area contributed by atoms with Gasteiger partial charge in [0, 0.05) is 18.5 Å². The first-order chi connectivity index (χ1) is 13.7. The number of hydrogen-bond acceptors (Lipinski definition) is 3. The van der Waals surface area contributed by atoms with E-state index in [1.807, 2.05) is 36.4 Å². The molecule has 0 bridgehead atoms. The van der Waals surface area contributed by atoms with Crippen LogP contribution >= 0.6 is 0 Å². The zero-order valence-corrected chi connectivity index (χ0v) is 15.7. The summed E-state index contributed by atoms with van der Waals surface area (Å²) in [5.74, 6) is 0.545. The van der Waals surface area contributed by atoms with E-state index in [0.717, 1.165) is 18.4 Å². The first-order valence-electron chi connectivity index (χ1n) is 9.41. The molecule has 5 heteroatoms. The van der Waals surface area contributed by atoms with Crippen molar-refractivity contribution in [2.45, 2.75) is 32.4 Å². The molecule has 0 saturated heterocycles. The minimum atomic E-state index is -0.174. The third-order valence-electron chi connectivity index (χ3n) is 4.39. The van der Waals surface area contributed by atoms with Crippen molar-refractivity contribution in [1.82, 2.24) is 10.6 Å². The Balaban J connectivity index is 1.42. The van der Waals surface area contributed by atoms with E-state index in [-0.39, 0.29) is 11.8 Å². The average Bonchev–Trinajstić information content (AvgIpc) is 3.25. The highest BCUT2D eigenvalue weighted by Crippen LogP contribution is 2.08. The number of carbonyl (C=O) groups is 2. The van der Waals surface area contributed by atoms with Gasteiger partial charge in [-0.05, 0) is 48.2 Å². The number of carbonyl (C=O) groups excluding carboxylic acids is 2. The second-order valence-electron chi connectivity index (χ2n) is 6.58. The average molecular weight is 376 g/mol. The van der Waals surface area contributed by atoms with Gasteiger partial charge in [-0.1, -0.05) is 42.5 Å². The van der Waals surface area contributed by atoms with Crippen molar-refractivity contribution in [3.05, 3.63) is 95.4 Å². The third kappa shape index (κ3) is 6.13. The van der Waals surface area contributed by atoms with Crippen LogP contribution in [-0.4, -0.2) is 11.8 Å². The normalized spacial score (nSPS) is 10.4. The topological polar surface area (TPSA) is 71.3 Å². The predicted octanol–water partition coefficient (Wildman–Crippen LogP) is 3.85. The molecule has 0 unspecified atom stereocenters. The summed E-state index contributed by atoms with van der Waals surface area (Å²) in [4.78, 5) is 24.3. The van der Waals surface area contributed by atoms with Gasteiger partial charge in [0.05, 0.1) is 12.8 Å². The molecule has 1 heterocycles. The molecule has 0 saturated carbocycles. The number of nitrogens with one attached hydrogen (secondary N) is 2. The van der Waals surface area contributed by atoms with E-state index in [1.54, 1.807) is 24.5 Å². The van der Waals surface area contributed by atoms with Gasteiger partial charge in [-0.2, -0.15) is 0 Å². The first kappa shape index (κ1) is 19.4. The van der Waals surface area contributed by atoms with E-state index in [2.05, 4.69) is 22.8 Å². The second-order valence-corrected chi connectivity index (χ2v) is 6.58. The van der Waals surface area contributed by atoms with Crippen molar-refractivity contribution in [3.8, 4) is 0 Å². The number of hydrogen-bond donors (Lipinski definition) is 2. The van der Waals surface area contributed by atoms with Crippen LogP contribution in [0.25, 0.3) is 0 Å². The lowest BCUT2D eigenvalue weighted by atomic mass is 10.1. The summed E-state index contributed by atoms with van der Waals surface area (Å²) in [6, 6.07) is 21.0. The SMILES string of the molecule is O=C(CCCc1ccccc1)NCc1cccc(C(=O)NCc2ccco2)c1. The van der Waals surface area contributed by atoms with Gasteiger partial charge in [-0.15, -0.1) is 0 Å². The highest BCUT2D eigenvalue weighted by atomic mass is 16.3. The van der Waals surface area contributed by atoms with Gasteiger partial charge in [-0.3, -0.25) is 9.59 Å². The molecule has 2 aromatic carbocycles. The van der Waals surface area contributed by atoms with Crippen LogP contribution < -0.4 is 10.6 Å². The van der Waals surface area contributed by atoms with E-state index in [9.17, 15) is 9.59 Å². The molecule has 3 rings (SSSR count). The van der Waals surface area contributed by atoms with Gasteiger partial charge < -0.3 is 15.1 Å². The molecule has 0 aliphatic heterocycles. The maximum absolute atomic E-state index is 12.3. The van der Waals surface area contributed by atoms with Crippen molar-refractivity contribution in [2.75, 3.05) is 0 Å². The summed E-state index contributed by atoms with van der Waals surface area (Å²) in [6.07, 6.45) is 3.76. The van der Waals surface area contributed by atoms with E-state index in [4.69, 9.17) is 4.42 Å². The molecule has 3 aromatic rings. The molecule has 1 aromatic heterocycles. The number of benzene rings is 2. The Morgan fingerprint density at radius 1 is 0.821 bits per heavy atom. The van der Waals surface area contributed by atoms with Crippen LogP contribution in [0.3, 0.4) is 0 Å². The van der Waals surface area contributed by atoms with Gasteiger partial charge in [-0.25, -0.2) is 0 Å². The van der Waals surface area contributed by atoms with Crippen molar-refractivity contribution >= 4 is 11.8 Å². The molecule has 0 aliphatic carbocycles. The molecule has 0 spiro atoms. The standard InChI is InChI=1S/C23H24N2O3/c26-22(13-5-9-18-7-2-1-3-8-18)24-16-19-10-4-11-20(15-19)23(27)25-17-21-12-6-14-28-21/h1-4,6-8,10-12,14-15H,5,9,13,16-17H2,(H,24,26)(H,25,27). The van der Waals surface area contributed by atoms with Crippen molar-refractivity contribution in [3.63, 3.8) is 0 Å². The molecule has 2 amide bonds. The molecule has 0 radical (unpaired) electrons. The predicted molar refractivity (Wildman–Crippen MR) is 108 cm³/mol. The van der Waals surface area contributed by atoms with E-state index < -0.39 is 0 Å². The number of furan rings is 1. The fraction of sp³-hybridized carbons (Fsp3) is 0.217. The van der Waals surface area contributed by atoms with Crippen molar-refractivity contribution in [2.24, 2.45) is 0 Å². The minimum absolute atomic E-state index is 0.0172. The molecule has 2 N–H and O–H groups in total. The number of aryl methyl sites for hydroxylation is 1. The van der Waals surface area contributed by atoms with Gasteiger partial charge in [0.25, 0.3) is 5.91 Å². The monoisotopic (exact) mass is 376 g/mol. The Kier molecular flexibility index (Phi) is 7.01. The molecule has 144 valence electrons. The number of amides is 2. The highest BCUT2D eigenvalue weighted by molar-refractivity contribution is 5.94. The zero-order chi connectivity index (χ0) is 19.6. The maximum Gasteiger partial charge on any atom is 0.251 e. The lowest BCUT2D eigenvalue weighted by Gasteiger charge is -2.08. The summed E-state index contributed by atoms with van der Waals surface area (Å²) >= 11 is 0. The smallest absolute Gasteiger partial charge is 0.251 e. The maximum atomic E-state index is 12.3. The molecule has 0 fully saturated rings. The Morgan fingerprint density at radius 3 is 2.43 bits per heavy atom. The summed E-state index contributed by atoms with van der Waals surface area (Å²) in [5, 5.41) is 5.74. The lowest BCUT2D eigenvalue weighted by molar-refractivity contribution is -0.121. The second kappa shape index (κ2) is 10.1. The largest absolute Gasteiger partial charge is 0.467 e. The molecule has 0 atom stereocenters. The van der Waals surface area contributed by atoms with Gasteiger partial charge in [0.1, 0.15) is 5.76 Å². The first-order valence-corrected chi connectivity index (χ1v) is 9.41. The Labute approximate surface area is 164 Å². The van der Waals surface area contributed by atoms with Crippen LogP contribution in [-0.2, 0) is 24.3 Å². The fourth-order valence-corrected chi connectivity index (χ4v) is 2.89. The summed E-state index contributed by atoms with van der Waals surface area (Å²) < 4.78 is 5.21. The lowest BCUT2D eigenvalue weighted by Crippen LogP contribution is -2.24. The Bertz CT molecular complexity index is 889. The van der Waals surface area contributed by atoms with Gasteiger partial charge in [0.2, 0.25) is 5.91 Å². The van der Waals surface area contributed by atoms with E-state index >= 15 is 0 Å². The highest BCUT2D eigenvalue weighted by Gasteiger charge is 2.08. The number of rotatable bonds is 9. The quantitative estimate of drug-likeness (QED) is 0.596. The van der Waals surface area contributed by atoms with E-state index in [1.165, 1.54) is 5.56 Å². The van der Waals surface area contributed by atoms with Crippen LogP contribution in [0.1, 0.15) is 40.1 Å². The Morgan fingerprint density at radius 2 is 1.64 bits per heavy atom. The van der Waals surface area contributed by atoms with Crippen molar-refractivity contribution in [1.29, 1.82) is 0 Å². The van der Waals surface area contributed by atoms with Crippen LogP contribution in [0.4, 0.5) is 0 Å². The summed E-state index contributed by atoms with van der Waals surface area (Å²) in [7, 11) is 0. The summed E-state index contributed by atoms with van der Waals surface area (Å²) in [5.41, 5.74) is 2.69. The molecular formula is C23H24N2O3. The van der Waals surface area contributed by atoms with Gasteiger partial charge in [0.15, 0.2) is 0 Å². The molecule has 5 nitrogen and oxygen atoms in total. The molecule has 28 heavy (non-hydrogen) atoms. The van der Waals surface area contributed by atoms with Crippen LogP contribution in [0.15, 0.2) is 77.4 Å². The molecule has 0 aliphatic rings. The van der Waals surface area contributed by atoms with Crippen LogP contribution in [0.5, 0.6) is 0 Å². The van der Waals surface area contributed by atoms with E-state index in [0.29, 0.717) is 30.8 Å². The third-order valence-corrected chi connectivity index (χ3v) is 4.39. The van der Waals surface area contributed by atoms with Crippen molar-refractivity contribution < 1.29 is 14.0 Å². The van der Waals surface area contributed by atoms with Crippen LogP contribution in [0, 0.1) is 0 Å². The zero-order valence-electron chi connectivity index (χ0n) is 15.7. The fourth-order valence-electron chi connectivity index (χ4n) is 2.89. The Hall–Kier alpha value is -3.34. The van der Waals surface area contributed by atoms with Gasteiger partial charge >= 0.3 is 0 Å².